The van der Waals surface area contributed by atoms with Crippen LogP contribution in [-0.4, -0.2) is 25.4 Å². The number of nitrogens with one attached hydrogen (secondary N) is 2. The number of oxime groups is 1. The average molecular weight is 444 g/mol. The molecule has 0 aromatic heterocycles. The Kier molecular flexibility index (Phi) is 8.09. The van der Waals surface area contributed by atoms with E-state index in [4.69, 9.17) is 5.21 Å². The molecule has 1 aliphatic rings. The average Bonchev–Trinajstić information content (AvgIpc) is 2.78. The number of hydrogen-bond donors (Lipinski definition) is 3. The van der Waals surface area contributed by atoms with E-state index >= 15 is 0 Å². The van der Waals surface area contributed by atoms with Crippen molar-refractivity contribution in [1.82, 2.24) is 5.32 Å². The molecule has 168 valence electrons. The summed E-state index contributed by atoms with van der Waals surface area (Å²) >= 11 is 0. The molecule has 0 amide bonds. The summed E-state index contributed by atoms with van der Waals surface area (Å²) in [5.41, 5.74) is 2.59. The van der Waals surface area contributed by atoms with Crippen LogP contribution in [0.4, 0.5) is 5.69 Å². The van der Waals surface area contributed by atoms with Crippen molar-refractivity contribution in [1.29, 1.82) is 0 Å². The summed E-state index contributed by atoms with van der Waals surface area (Å²) in [6, 6.07) is 14.2. The van der Waals surface area contributed by atoms with Crippen LogP contribution in [0.25, 0.3) is 0 Å². The Labute approximate surface area is 185 Å². The molecule has 0 unspecified atom stereocenters. The zero-order valence-electron chi connectivity index (χ0n) is 18.3. The van der Waals surface area contributed by atoms with Crippen molar-refractivity contribution >= 4 is 21.4 Å². The van der Waals surface area contributed by atoms with Gasteiger partial charge in [-0.25, -0.2) is 8.42 Å². The van der Waals surface area contributed by atoms with Crippen molar-refractivity contribution < 1.29 is 13.6 Å². The molecule has 1 atom stereocenters. The number of anilines is 1. The second-order valence-corrected chi connectivity index (χ2v) is 10.2. The monoisotopic (exact) mass is 443 g/mol. The summed E-state index contributed by atoms with van der Waals surface area (Å²) in [5, 5.41) is 15.6. The van der Waals surface area contributed by atoms with Crippen LogP contribution in [0.15, 0.2) is 58.6 Å². The van der Waals surface area contributed by atoms with Gasteiger partial charge in [-0.15, -0.1) is 0 Å². The normalized spacial score (nSPS) is 16.8. The van der Waals surface area contributed by atoms with Gasteiger partial charge in [0, 0.05) is 12.6 Å². The van der Waals surface area contributed by atoms with Crippen molar-refractivity contribution in [2.75, 3.05) is 4.72 Å². The third-order valence-electron chi connectivity index (χ3n) is 6.05. The third-order valence-corrected chi connectivity index (χ3v) is 7.43. The SMILES string of the molecule is C/C(=N\O)c1ccc(S(=O)(=O)Nc2ccccc2CN[C@@H](C)CC2CCCCC2)cc1. The van der Waals surface area contributed by atoms with Crippen LogP contribution in [0.5, 0.6) is 0 Å². The number of sulfonamides is 1. The Bertz CT molecular complexity index is 981. The molecule has 3 rings (SSSR count). The molecule has 1 fully saturated rings. The van der Waals surface area contributed by atoms with E-state index in [0.717, 1.165) is 17.9 Å². The van der Waals surface area contributed by atoms with Crippen LogP contribution in [0.3, 0.4) is 0 Å². The molecule has 1 aliphatic carbocycles. The predicted octanol–water partition coefficient (Wildman–Crippen LogP) is 5.13. The number of benzene rings is 2. The number of rotatable bonds is 9. The van der Waals surface area contributed by atoms with Crippen LogP contribution in [0.1, 0.15) is 63.5 Å². The lowest BCUT2D eigenvalue weighted by Crippen LogP contribution is -2.29. The molecule has 0 bridgehead atoms. The molecule has 2 aromatic carbocycles. The topological polar surface area (TPSA) is 90.8 Å². The van der Waals surface area contributed by atoms with Gasteiger partial charge in [0.1, 0.15) is 0 Å². The van der Waals surface area contributed by atoms with E-state index in [1.165, 1.54) is 44.2 Å². The van der Waals surface area contributed by atoms with Crippen molar-refractivity contribution in [2.24, 2.45) is 11.1 Å². The van der Waals surface area contributed by atoms with Crippen LogP contribution >= 0.6 is 0 Å². The lowest BCUT2D eigenvalue weighted by Gasteiger charge is -2.25. The zero-order valence-corrected chi connectivity index (χ0v) is 19.2. The van der Waals surface area contributed by atoms with E-state index in [-0.39, 0.29) is 4.90 Å². The van der Waals surface area contributed by atoms with Gasteiger partial charge in [-0.2, -0.15) is 0 Å². The molecule has 2 aromatic rings. The highest BCUT2D eigenvalue weighted by Gasteiger charge is 2.18. The Morgan fingerprint density at radius 3 is 2.45 bits per heavy atom. The Morgan fingerprint density at radius 1 is 1.10 bits per heavy atom. The molecule has 6 nitrogen and oxygen atoms in total. The first-order valence-corrected chi connectivity index (χ1v) is 12.5. The van der Waals surface area contributed by atoms with Gasteiger partial charge in [-0.3, -0.25) is 4.72 Å². The van der Waals surface area contributed by atoms with Gasteiger partial charge in [-0.1, -0.05) is 67.6 Å². The van der Waals surface area contributed by atoms with Crippen LogP contribution in [0, 0.1) is 5.92 Å². The molecule has 31 heavy (non-hydrogen) atoms. The van der Waals surface area contributed by atoms with Gasteiger partial charge in [0.25, 0.3) is 10.0 Å². The zero-order chi connectivity index (χ0) is 22.3. The first-order chi connectivity index (χ1) is 14.9. The fourth-order valence-corrected chi connectivity index (χ4v) is 5.30. The standard InChI is InChI=1S/C24H33N3O3S/c1-18(16-20-8-4-3-5-9-20)25-17-22-10-6-7-11-24(22)27-31(29,30)23-14-12-21(13-15-23)19(2)26-28/h6-7,10-15,18,20,25,27-28H,3-5,8-9,16-17H2,1-2H3/b26-19+/t18-/m0/s1. The second-order valence-electron chi connectivity index (χ2n) is 8.49. The highest BCUT2D eigenvalue weighted by Crippen LogP contribution is 2.27. The van der Waals surface area contributed by atoms with Gasteiger partial charge in [0.2, 0.25) is 0 Å². The number of nitrogens with zero attached hydrogens (tertiary/aromatic N) is 1. The molecule has 0 aliphatic heterocycles. The third kappa shape index (κ3) is 6.55. The van der Waals surface area contributed by atoms with E-state index in [9.17, 15) is 8.42 Å². The van der Waals surface area contributed by atoms with Gasteiger partial charge in [0.05, 0.1) is 16.3 Å². The fourth-order valence-electron chi connectivity index (χ4n) is 4.20. The van der Waals surface area contributed by atoms with Crippen molar-refractivity contribution in [3.63, 3.8) is 0 Å². The lowest BCUT2D eigenvalue weighted by molar-refractivity contribution is 0.305. The molecule has 3 N–H and O–H groups in total. The minimum atomic E-state index is -3.73. The molecule has 0 spiro atoms. The first-order valence-electron chi connectivity index (χ1n) is 11.0. The van der Waals surface area contributed by atoms with E-state index in [1.807, 2.05) is 18.2 Å². The van der Waals surface area contributed by atoms with Gasteiger partial charge in [-0.05, 0) is 55.5 Å². The van der Waals surface area contributed by atoms with Gasteiger partial charge < -0.3 is 10.5 Å². The fraction of sp³-hybridized carbons (Fsp3) is 0.458. The van der Waals surface area contributed by atoms with Crippen molar-refractivity contribution in [3.05, 3.63) is 59.7 Å². The Balaban J connectivity index is 1.65. The summed E-state index contributed by atoms with van der Waals surface area (Å²) in [6.45, 7) is 4.47. The van der Waals surface area contributed by atoms with E-state index in [2.05, 4.69) is 22.1 Å². The maximum atomic E-state index is 12.9. The summed E-state index contributed by atoms with van der Waals surface area (Å²) in [5.74, 6) is 0.799. The smallest absolute Gasteiger partial charge is 0.261 e. The first kappa shape index (κ1) is 23.3. The maximum Gasteiger partial charge on any atom is 0.261 e. The number of hydrogen-bond acceptors (Lipinski definition) is 5. The van der Waals surface area contributed by atoms with E-state index in [0.29, 0.717) is 29.5 Å². The van der Waals surface area contributed by atoms with E-state index < -0.39 is 10.0 Å². The number of para-hydroxylation sites is 1. The summed E-state index contributed by atoms with van der Waals surface area (Å²) in [6.07, 6.45) is 7.86. The van der Waals surface area contributed by atoms with E-state index in [1.54, 1.807) is 25.1 Å². The molecule has 1 saturated carbocycles. The maximum absolute atomic E-state index is 12.9. The molecule has 0 radical (unpaired) electrons. The highest BCUT2D eigenvalue weighted by molar-refractivity contribution is 7.92. The molecule has 7 heteroatoms. The summed E-state index contributed by atoms with van der Waals surface area (Å²) in [4.78, 5) is 0.162. The predicted molar refractivity (Wildman–Crippen MR) is 125 cm³/mol. The van der Waals surface area contributed by atoms with Crippen LogP contribution < -0.4 is 10.0 Å². The molecule has 0 heterocycles. The minimum Gasteiger partial charge on any atom is -0.411 e. The van der Waals surface area contributed by atoms with Gasteiger partial charge >= 0.3 is 0 Å². The molecular formula is C24H33N3O3S. The van der Waals surface area contributed by atoms with Crippen LogP contribution in [-0.2, 0) is 16.6 Å². The minimum absolute atomic E-state index is 0.162. The quantitative estimate of drug-likeness (QED) is 0.284. The Hall–Kier alpha value is -2.38. The molecule has 0 saturated heterocycles. The van der Waals surface area contributed by atoms with Gasteiger partial charge in [0.15, 0.2) is 0 Å². The van der Waals surface area contributed by atoms with Crippen molar-refractivity contribution in [2.45, 2.75) is 69.9 Å². The van der Waals surface area contributed by atoms with Crippen LogP contribution in [0.2, 0.25) is 0 Å². The van der Waals surface area contributed by atoms with Crippen molar-refractivity contribution in [3.8, 4) is 0 Å². The Morgan fingerprint density at radius 2 is 1.77 bits per heavy atom. The highest BCUT2D eigenvalue weighted by atomic mass is 32.2. The largest absolute Gasteiger partial charge is 0.411 e. The lowest BCUT2D eigenvalue weighted by atomic mass is 9.85. The summed E-state index contributed by atoms with van der Waals surface area (Å²) < 4.78 is 28.5. The molecular weight excluding hydrogens is 410 g/mol. The summed E-state index contributed by atoms with van der Waals surface area (Å²) in [7, 11) is -3.73. The second kappa shape index (κ2) is 10.8.